The second-order valence-electron chi connectivity index (χ2n) is 9.68. The molecule has 0 aliphatic carbocycles. The normalized spacial score (nSPS) is 13.2. The van der Waals surface area contributed by atoms with Crippen molar-refractivity contribution in [2.24, 2.45) is 0 Å². The van der Waals surface area contributed by atoms with E-state index in [1.54, 1.807) is 48.5 Å². The average molecular weight is 655 g/mol. The number of unbranched alkanes of at least 4 members (excludes halogenated alkanes) is 4. The molecule has 0 saturated carbocycles. The van der Waals surface area contributed by atoms with Crippen LogP contribution in [0.1, 0.15) is 114 Å². The molecular weight excluding hydrogens is 592 g/mol. The first-order valence-corrected chi connectivity index (χ1v) is 16.8. The first-order chi connectivity index (χ1) is 21.7. The Kier molecular flexibility index (Phi) is 24.8. The van der Waals surface area contributed by atoms with Gasteiger partial charge in [0.1, 0.15) is 0 Å². The molecule has 0 aliphatic rings. The molecule has 0 radical (unpaired) electrons. The summed E-state index contributed by atoms with van der Waals surface area (Å²) in [4.78, 5) is 26.5. The first-order valence-electron chi connectivity index (χ1n) is 16.8. The van der Waals surface area contributed by atoms with Crippen molar-refractivity contribution in [3.8, 4) is 0 Å². The van der Waals surface area contributed by atoms with Gasteiger partial charge >= 0.3 is 29.9 Å². The predicted molar refractivity (Wildman–Crippen MR) is 166 cm³/mol. The second-order valence-corrected chi connectivity index (χ2v) is 9.68. The molecule has 1 atom stereocenters. The summed E-state index contributed by atoms with van der Waals surface area (Å²) in [6.45, 7) is 17.8. The van der Waals surface area contributed by atoms with Crippen molar-refractivity contribution < 1.29 is 61.7 Å². The molecule has 0 rings (SSSR count). The Labute approximate surface area is 271 Å². The van der Waals surface area contributed by atoms with Crippen molar-refractivity contribution in [2.75, 3.05) is 59.5 Å². The fraction of sp³-hybridized carbons (Fsp3) is 0.938. The fourth-order valence-electron chi connectivity index (χ4n) is 4.30. The molecule has 0 aromatic carbocycles. The molecule has 45 heavy (non-hydrogen) atoms. The third-order valence-corrected chi connectivity index (χ3v) is 6.10. The van der Waals surface area contributed by atoms with E-state index >= 15 is 0 Å². The smallest absolute Gasteiger partial charge is 0.404 e. The van der Waals surface area contributed by atoms with Gasteiger partial charge in [-0.15, -0.1) is 0 Å². The number of hydrogen-bond donors (Lipinski definition) is 0. The highest BCUT2D eigenvalue weighted by Crippen LogP contribution is 2.37. The molecule has 0 saturated heterocycles. The Bertz CT molecular complexity index is 731. The van der Waals surface area contributed by atoms with Gasteiger partial charge in [0.2, 0.25) is 0 Å². The van der Waals surface area contributed by atoms with Crippen molar-refractivity contribution in [3.63, 3.8) is 0 Å². The number of ether oxygens (including phenoxy) is 11. The van der Waals surface area contributed by atoms with Gasteiger partial charge in [0.15, 0.2) is 0 Å². The van der Waals surface area contributed by atoms with Crippen molar-refractivity contribution in [2.45, 2.75) is 138 Å². The summed E-state index contributed by atoms with van der Waals surface area (Å²) in [5.41, 5.74) is 0. The van der Waals surface area contributed by atoms with Crippen LogP contribution in [0.25, 0.3) is 0 Å². The van der Waals surface area contributed by atoms with Crippen molar-refractivity contribution in [1.82, 2.24) is 0 Å². The number of carbonyl (C=O) groups is 2. The second kappa shape index (κ2) is 25.6. The van der Waals surface area contributed by atoms with Gasteiger partial charge < -0.3 is 52.1 Å². The molecule has 0 amide bonds. The maximum absolute atomic E-state index is 13.3. The molecule has 0 bridgehead atoms. The molecule has 1 unspecified atom stereocenters. The van der Waals surface area contributed by atoms with Gasteiger partial charge in [0, 0.05) is 19.8 Å². The summed E-state index contributed by atoms with van der Waals surface area (Å²) in [5.74, 6) is -7.86. The highest BCUT2D eigenvalue weighted by Gasteiger charge is 2.63. The molecular formula is C32H62O13. The van der Waals surface area contributed by atoms with Crippen molar-refractivity contribution in [1.29, 1.82) is 0 Å². The van der Waals surface area contributed by atoms with Gasteiger partial charge in [-0.25, -0.2) is 0 Å². The molecule has 13 heteroatoms. The molecule has 13 nitrogen and oxygen atoms in total. The van der Waals surface area contributed by atoms with Gasteiger partial charge in [-0.05, 0) is 61.3 Å². The highest BCUT2D eigenvalue weighted by molar-refractivity contribution is 5.78. The molecule has 0 aliphatic heterocycles. The summed E-state index contributed by atoms with van der Waals surface area (Å²) in [7, 11) is 0. The fourth-order valence-corrected chi connectivity index (χ4v) is 4.30. The Balaban J connectivity index is 6.05. The third kappa shape index (κ3) is 14.9. The van der Waals surface area contributed by atoms with E-state index in [9.17, 15) is 9.59 Å². The quantitative estimate of drug-likeness (QED) is 0.0506. The predicted octanol–water partition coefficient (Wildman–Crippen LogP) is 5.81. The van der Waals surface area contributed by atoms with Crippen LogP contribution in [0.2, 0.25) is 0 Å². The molecule has 0 spiro atoms. The van der Waals surface area contributed by atoms with E-state index in [4.69, 9.17) is 52.1 Å². The van der Waals surface area contributed by atoms with Crippen LogP contribution >= 0.6 is 0 Å². The monoisotopic (exact) mass is 654 g/mol. The molecule has 0 N–H and O–H groups in total. The standard InChI is InChI=1S/C32H62O13/c1-10-19-21-25-36-29(35-12-3)30(37-13-4,38-14-5)44-27(33)23-24-28(34)45-32(41-17-8,42-18-9)31(39-15-6,40-16-7)43-26-22-20-11-2/h29H,10-26H2,1-9H3. The number of rotatable bonds is 31. The van der Waals surface area contributed by atoms with Gasteiger partial charge in [-0.2, -0.15) is 0 Å². The van der Waals surface area contributed by atoms with Crippen LogP contribution in [-0.4, -0.2) is 95.6 Å². The van der Waals surface area contributed by atoms with Crippen LogP contribution in [0.3, 0.4) is 0 Å². The lowest BCUT2D eigenvalue weighted by atomic mass is 10.2. The summed E-state index contributed by atoms with van der Waals surface area (Å²) >= 11 is 0. The summed E-state index contributed by atoms with van der Waals surface area (Å²) in [6, 6.07) is 0. The van der Waals surface area contributed by atoms with Gasteiger partial charge in [-0.1, -0.05) is 39.5 Å². The lowest BCUT2D eigenvalue weighted by Crippen LogP contribution is -2.65. The molecule has 0 fully saturated rings. The average Bonchev–Trinajstić information content (AvgIpc) is 3.00. The Morgan fingerprint density at radius 3 is 1.36 bits per heavy atom. The maximum atomic E-state index is 13.3. The molecule has 0 heterocycles. The van der Waals surface area contributed by atoms with E-state index in [1.807, 2.05) is 0 Å². The Morgan fingerprint density at radius 2 is 0.911 bits per heavy atom. The van der Waals surface area contributed by atoms with Crippen LogP contribution in [0.5, 0.6) is 0 Å². The van der Waals surface area contributed by atoms with E-state index in [2.05, 4.69) is 13.8 Å². The van der Waals surface area contributed by atoms with Crippen LogP contribution in [0.15, 0.2) is 0 Å². The molecule has 0 aromatic heterocycles. The largest absolute Gasteiger partial charge is 0.416 e. The Hall–Kier alpha value is -1.42. The van der Waals surface area contributed by atoms with Gasteiger partial charge in [0.05, 0.1) is 52.5 Å². The maximum Gasteiger partial charge on any atom is 0.416 e. The Morgan fingerprint density at radius 1 is 0.467 bits per heavy atom. The third-order valence-electron chi connectivity index (χ3n) is 6.10. The zero-order valence-corrected chi connectivity index (χ0v) is 29.4. The van der Waals surface area contributed by atoms with E-state index < -0.39 is 49.0 Å². The minimum absolute atomic E-state index is 0.0673. The topological polar surface area (TPSA) is 136 Å². The summed E-state index contributed by atoms with van der Waals surface area (Å²) < 4.78 is 64.6. The van der Waals surface area contributed by atoms with Gasteiger partial charge in [-0.3, -0.25) is 9.59 Å². The minimum atomic E-state index is -2.22. The first kappa shape index (κ1) is 43.6. The number of esters is 2. The molecule has 0 aromatic rings. The van der Waals surface area contributed by atoms with Crippen molar-refractivity contribution in [3.05, 3.63) is 0 Å². The van der Waals surface area contributed by atoms with E-state index in [-0.39, 0.29) is 52.9 Å². The molecule has 268 valence electrons. The van der Waals surface area contributed by atoms with Gasteiger partial charge in [0.25, 0.3) is 6.29 Å². The van der Waals surface area contributed by atoms with E-state index in [0.29, 0.717) is 13.0 Å². The van der Waals surface area contributed by atoms with E-state index in [0.717, 1.165) is 32.1 Å². The SMILES string of the molecule is CCCCCOC(OCC)C(OCC)(OCC)OC(=O)CCC(=O)OC(OCC)(OCC)C(OCC)(OCC)OCCCCC. The van der Waals surface area contributed by atoms with Crippen LogP contribution in [-0.2, 0) is 61.7 Å². The summed E-state index contributed by atoms with van der Waals surface area (Å²) in [6.07, 6.45) is 3.38. The minimum Gasteiger partial charge on any atom is -0.404 e. The summed E-state index contributed by atoms with van der Waals surface area (Å²) in [5, 5.41) is 0. The van der Waals surface area contributed by atoms with E-state index in [1.165, 1.54) is 0 Å². The van der Waals surface area contributed by atoms with Crippen molar-refractivity contribution >= 4 is 11.9 Å². The lowest BCUT2D eigenvalue weighted by Gasteiger charge is -2.44. The number of hydrogen-bond acceptors (Lipinski definition) is 13. The van der Waals surface area contributed by atoms with Crippen LogP contribution in [0, 0.1) is 0 Å². The van der Waals surface area contributed by atoms with Crippen LogP contribution in [0.4, 0.5) is 0 Å². The zero-order valence-electron chi connectivity index (χ0n) is 29.4. The van der Waals surface area contributed by atoms with Crippen LogP contribution < -0.4 is 0 Å². The number of carbonyl (C=O) groups excluding carboxylic acids is 2. The zero-order chi connectivity index (χ0) is 34.0. The highest BCUT2D eigenvalue weighted by atomic mass is 17.0. The lowest BCUT2D eigenvalue weighted by molar-refractivity contribution is -0.550.